The predicted octanol–water partition coefficient (Wildman–Crippen LogP) is 1.48. The first kappa shape index (κ1) is 23.5. The number of hydrogen-bond donors (Lipinski definition) is 1. The molecule has 2 bridgehead atoms. The van der Waals surface area contributed by atoms with E-state index in [1.54, 1.807) is 60.9 Å². The topological polar surface area (TPSA) is 134 Å². The smallest absolute Gasteiger partial charge is 0.244 e. The lowest BCUT2D eigenvalue weighted by Gasteiger charge is -2.40. The zero-order valence-electron chi connectivity index (χ0n) is 19.3. The van der Waals surface area contributed by atoms with Gasteiger partial charge in [0.2, 0.25) is 15.9 Å². The van der Waals surface area contributed by atoms with E-state index >= 15 is 0 Å². The molecule has 1 amide bonds. The molecule has 2 aliphatic heterocycles. The fraction of sp³-hybridized carbons (Fsp3) is 0.435. The van der Waals surface area contributed by atoms with E-state index in [1.807, 2.05) is 0 Å². The SMILES string of the molecule is COC[C@H]1CN(Cc2cnn[nH]2)C(=O)C2CCCC1N2S(=O)(=O)c1ccc(-c2ncccn2)cc1. The quantitative estimate of drug-likeness (QED) is 0.519. The summed E-state index contributed by atoms with van der Waals surface area (Å²) in [4.78, 5) is 24.0. The van der Waals surface area contributed by atoms with E-state index in [0.29, 0.717) is 43.1 Å². The van der Waals surface area contributed by atoms with E-state index in [4.69, 9.17) is 4.74 Å². The number of ether oxygens (including phenoxy) is 1. The first-order valence-electron chi connectivity index (χ1n) is 11.5. The molecule has 0 spiro atoms. The monoisotopic (exact) mass is 497 g/mol. The standard InChI is InChI=1S/C23H27N7O4S/c1-34-15-17-13-29(14-18-12-26-28-27-18)23(31)21-5-2-4-20(17)30(21)35(32,33)19-8-6-16(7-9-19)22-24-10-3-11-25-22/h3,6-12,17,20-21H,2,4-5,13-15H2,1H3,(H,26,27,28)/t17-,20?,21?/m1/s1. The molecule has 0 aliphatic carbocycles. The second kappa shape index (κ2) is 9.80. The summed E-state index contributed by atoms with van der Waals surface area (Å²) in [5, 5.41) is 10.3. The van der Waals surface area contributed by atoms with E-state index in [2.05, 4.69) is 25.4 Å². The number of rotatable bonds is 7. The Labute approximate surface area is 203 Å². The Morgan fingerprint density at radius 2 is 1.91 bits per heavy atom. The lowest BCUT2D eigenvalue weighted by Crippen LogP contribution is -2.55. The van der Waals surface area contributed by atoms with Crippen LogP contribution in [-0.4, -0.2) is 81.3 Å². The maximum Gasteiger partial charge on any atom is 0.244 e. The number of aromatic amines is 1. The van der Waals surface area contributed by atoms with Crippen molar-refractivity contribution in [3.63, 3.8) is 0 Å². The summed E-state index contributed by atoms with van der Waals surface area (Å²) in [7, 11) is -2.36. The minimum atomic E-state index is -3.96. The van der Waals surface area contributed by atoms with Gasteiger partial charge in [-0.15, -0.1) is 5.10 Å². The minimum Gasteiger partial charge on any atom is -0.384 e. The molecular formula is C23H27N7O4S. The van der Waals surface area contributed by atoms with Gasteiger partial charge in [-0.25, -0.2) is 18.4 Å². The van der Waals surface area contributed by atoms with Crippen LogP contribution in [0.1, 0.15) is 25.0 Å². The Bertz CT molecular complexity index is 1250. The molecule has 2 unspecified atom stereocenters. The van der Waals surface area contributed by atoms with Gasteiger partial charge in [-0.2, -0.15) is 4.31 Å². The fourth-order valence-corrected chi connectivity index (χ4v) is 6.99. The summed E-state index contributed by atoms with van der Waals surface area (Å²) in [5.74, 6) is 0.139. The maximum absolute atomic E-state index is 14.0. The summed E-state index contributed by atoms with van der Waals surface area (Å²) in [6.45, 7) is 1.02. The average molecular weight is 498 g/mol. The van der Waals surface area contributed by atoms with Gasteiger partial charge in [-0.3, -0.25) is 9.89 Å². The zero-order valence-corrected chi connectivity index (χ0v) is 20.1. The Morgan fingerprint density at radius 1 is 1.14 bits per heavy atom. The third-order valence-corrected chi connectivity index (χ3v) is 8.62. The number of methoxy groups -OCH3 is 1. The molecule has 12 heteroatoms. The molecule has 0 radical (unpaired) electrons. The Balaban J connectivity index is 1.50. The fourth-order valence-electron chi connectivity index (χ4n) is 5.10. The van der Waals surface area contributed by atoms with Crippen LogP contribution in [0.2, 0.25) is 0 Å². The largest absolute Gasteiger partial charge is 0.384 e. The van der Waals surface area contributed by atoms with Gasteiger partial charge in [0.05, 0.1) is 29.9 Å². The molecule has 3 aromatic rings. The number of sulfonamides is 1. The summed E-state index contributed by atoms with van der Waals surface area (Å²) in [5.41, 5.74) is 1.41. The van der Waals surface area contributed by atoms with Crippen LogP contribution < -0.4 is 0 Å². The molecular weight excluding hydrogens is 470 g/mol. The molecule has 4 heterocycles. The number of benzene rings is 1. The third-order valence-electron chi connectivity index (χ3n) is 6.67. The highest BCUT2D eigenvalue weighted by Gasteiger charge is 2.50. The second-order valence-electron chi connectivity index (χ2n) is 8.86. The van der Waals surface area contributed by atoms with Crippen molar-refractivity contribution in [1.29, 1.82) is 0 Å². The van der Waals surface area contributed by atoms with Gasteiger partial charge in [-0.05, 0) is 49.6 Å². The number of nitrogens with one attached hydrogen (secondary N) is 1. The summed E-state index contributed by atoms with van der Waals surface area (Å²) in [6, 6.07) is 7.12. The number of carbonyl (C=O) groups is 1. The number of hydrogen-bond acceptors (Lipinski definition) is 8. The number of amides is 1. The Kier molecular flexibility index (Phi) is 6.58. The normalized spacial score (nSPS) is 23.3. The third kappa shape index (κ3) is 4.56. The van der Waals surface area contributed by atoms with Crippen LogP contribution in [0.3, 0.4) is 0 Å². The molecule has 184 valence electrons. The molecule has 5 rings (SSSR count). The van der Waals surface area contributed by atoms with E-state index in [9.17, 15) is 13.2 Å². The van der Waals surface area contributed by atoms with Gasteiger partial charge < -0.3 is 9.64 Å². The molecule has 11 nitrogen and oxygen atoms in total. The highest BCUT2D eigenvalue weighted by atomic mass is 32.2. The van der Waals surface area contributed by atoms with Gasteiger partial charge in [-0.1, -0.05) is 5.21 Å². The van der Waals surface area contributed by atoms with Crippen molar-refractivity contribution >= 4 is 15.9 Å². The second-order valence-corrected chi connectivity index (χ2v) is 10.7. The summed E-state index contributed by atoms with van der Waals surface area (Å²) < 4.78 is 34.9. The van der Waals surface area contributed by atoms with E-state index in [1.165, 1.54) is 4.31 Å². The highest BCUT2D eigenvalue weighted by molar-refractivity contribution is 7.89. The lowest BCUT2D eigenvalue weighted by atomic mass is 9.91. The lowest BCUT2D eigenvalue weighted by molar-refractivity contribution is -0.135. The maximum atomic E-state index is 14.0. The predicted molar refractivity (Wildman–Crippen MR) is 125 cm³/mol. The van der Waals surface area contributed by atoms with Crippen LogP contribution in [0.15, 0.2) is 53.8 Å². The van der Waals surface area contributed by atoms with Crippen LogP contribution in [0.4, 0.5) is 0 Å². The summed E-state index contributed by atoms with van der Waals surface area (Å²) >= 11 is 0. The van der Waals surface area contributed by atoms with Gasteiger partial charge >= 0.3 is 0 Å². The number of carbonyl (C=O) groups excluding carboxylic acids is 1. The van der Waals surface area contributed by atoms with Crippen LogP contribution in [0.25, 0.3) is 11.4 Å². The number of aromatic nitrogens is 5. The van der Waals surface area contributed by atoms with E-state index in [-0.39, 0.29) is 29.3 Å². The zero-order chi connectivity index (χ0) is 24.4. The molecule has 2 aromatic heterocycles. The Hall–Kier alpha value is -3.22. The van der Waals surface area contributed by atoms with Crippen LogP contribution in [0.5, 0.6) is 0 Å². The molecule has 35 heavy (non-hydrogen) atoms. The molecule has 0 saturated carbocycles. The van der Waals surface area contributed by atoms with Crippen molar-refractivity contribution in [3.05, 3.63) is 54.6 Å². The van der Waals surface area contributed by atoms with Crippen molar-refractivity contribution in [2.75, 3.05) is 20.3 Å². The van der Waals surface area contributed by atoms with Crippen molar-refractivity contribution in [3.8, 4) is 11.4 Å². The van der Waals surface area contributed by atoms with Crippen molar-refractivity contribution in [2.45, 2.75) is 42.8 Å². The number of H-pyrrole nitrogens is 1. The van der Waals surface area contributed by atoms with E-state index < -0.39 is 16.1 Å². The molecule has 1 aromatic carbocycles. The molecule has 2 fully saturated rings. The molecule has 2 saturated heterocycles. The number of piperidine rings is 1. The first-order valence-corrected chi connectivity index (χ1v) is 13.0. The molecule has 3 atom stereocenters. The van der Waals surface area contributed by atoms with Crippen LogP contribution in [-0.2, 0) is 26.1 Å². The van der Waals surface area contributed by atoms with Gasteiger partial charge in [0.1, 0.15) is 6.04 Å². The first-order chi connectivity index (χ1) is 17.0. The minimum absolute atomic E-state index is 0.143. The Morgan fingerprint density at radius 3 is 2.60 bits per heavy atom. The number of fused-ring (bicyclic) bond motifs is 2. The van der Waals surface area contributed by atoms with Gasteiger partial charge in [0, 0.05) is 43.6 Å². The van der Waals surface area contributed by atoms with Gasteiger partial charge in [0.25, 0.3) is 0 Å². The molecule has 1 N–H and O–H groups in total. The van der Waals surface area contributed by atoms with Crippen molar-refractivity contribution in [2.24, 2.45) is 5.92 Å². The highest BCUT2D eigenvalue weighted by Crippen LogP contribution is 2.37. The van der Waals surface area contributed by atoms with Crippen LogP contribution >= 0.6 is 0 Å². The van der Waals surface area contributed by atoms with Crippen LogP contribution in [0, 0.1) is 5.92 Å². The van der Waals surface area contributed by atoms with E-state index in [0.717, 1.165) is 6.42 Å². The van der Waals surface area contributed by atoms with Crippen molar-refractivity contribution in [1.82, 2.24) is 34.6 Å². The van der Waals surface area contributed by atoms with Gasteiger partial charge in [0.15, 0.2) is 5.82 Å². The number of nitrogens with zero attached hydrogens (tertiary/aromatic N) is 6. The average Bonchev–Trinajstić information content (AvgIpc) is 3.39. The molecule has 2 aliphatic rings. The van der Waals surface area contributed by atoms with Crippen molar-refractivity contribution < 1.29 is 17.9 Å². The summed E-state index contributed by atoms with van der Waals surface area (Å²) in [6.07, 6.45) is 6.77.